The molecular weight excluding hydrogens is 444 g/mol. The van der Waals surface area contributed by atoms with Crippen LogP contribution in [0.2, 0.25) is 0 Å². The van der Waals surface area contributed by atoms with Crippen LogP contribution in [0.25, 0.3) is 38.9 Å². The molecule has 7 heteroatoms. The van der Waals surface area contributed by atoms with Crippen LogP contribution in [0.3, 0.4) is 0 Å². The molecule has 0 spiro atoms. The van der Waals surface area contributed by atoms with E-state index in [4.69, 9.17) is 5.10 Å². The predicted octanol–water partition coefficient (Wildman–Crippen LogP) is 4.98. The van der Waals surface area contributed by atoms with Crippen LogP contribution in [0.4, 0.5) is 0 Å². The van der Waals surface area contributed by atoms with E-state index < -0.39 is 11.4 Å². The predicted molar refractivity (Wildman–Crippen MR) is 138 cm³/mol. The molecule has 5 aromatic rings. The highest BCUT2D eigenvalue weighted by atomic mass is 32.2. The average Bonchev–Trinajstić information content (AvgIpc) is 3.32. The first kappa shape index (κ1) is 22.4. The summed E-state index contributed by atoms with van der Waals surface area (Å²) in [5.41, 5.74) is 5.23. The molecule has 1 atom stereocenters. The van der Waals surface area contributed by atoms with Gasteiger partial charge in [-0.05, 0) is 35.7 Å². The lowest BCUT2D eigenvalue weighted by Crippen LogP contribution is -2.23. The molecule has 6 nitrogen and oxygen atoms in total. The van der Waals surface area contributed by atoms with Gasteiger partial charge < -0.3 is 4.55 Å². The fraction of sp³-hybridized carbons (Fsp3) is 0.185. The van der Waals surface area contributed by atoms with Gasteiger partial charge in [0.05, 0.1) is 28.0 Å². The van der Waals surface area contributed by atoms with Crippen molar-refractivity contribution in [3.8, 4) is 22.4 Å². The van der Waals surface area contributed by atoms with Gasteiger partial charge in [0.1, 0.15) is 5.65 Å². The number of hydrogen-bond donors (Lipinski definition) is 0. The van der Waals surface area contributed by atoms with Gasteiger partial charge in [0.15, 0.2) is 4.90 Å². The molecule has 172 valence electrons. The van der Waals surface area contributed by atoms with Crippen molar-refractivity contribution in [1.82, 2.24) is 18.5 Å². The van der Waals surface area contributed by atoms with E-state index in [9.17, 15) is 9.35 Å². The molecule has 0 N–H and O–H groups in total. The molecule has 0 aliphatic carbocycles. The van der Waals surface area contributed by atoms with Crippen molar-refractivity contribution in [2.24, 2.45) is 0 Å². The maximum absolute atomic E-state index is 13.4. The summed E-state index contributed by atoms with van der Waals surface area (Å²) in [4.78, 5) is 14.2. The highest BCUT2D eigenvalue weighted by Crippen LogP contribution is 2.28. The Morgan fingerprint density at radius 2 is 1.65 bits per heavy atom. The number of fused-ring (bicyclic) bond motifs is 3. The molecule has 2 heterocycles. The van der Waals surface area contributed by atoms with E-state index in [-0.39, 0.29) is 5.56 Å². The molecule has 0 saturated carbocycles. The molecular formula is C27H26N4O2S. The summed E-state index contributed by atoms with van der Waals surface area (Å²) >= 11 is -1.23. The summed E-state index contributed by atoms with van der Waals surface area (Å²) in [7, 11) is 3.58. The molecule has 0 bridgehead atoms. The second-order valence-electron chi connectivity index (χ2n) is 8.44. The molecule has 5 rings (SSSR count). The monoisotopic (exact) mass is 470 g/mol. The third-order valence-electron chi connectivity index (χ3n) is 5.89. The van der Waals surface area contributed by atoms with E-state index >= 15 is 0 Å². The second kappa shape index (κ2) is 9.10. The topological polar surface area (TPSA) is 65.6 Å². The van der Waals surface area contributed by atoms with Crippen molar-refractivity contribution in [3.05, 3.63) is 89.2 Å². The molecule has 0 radical (unpaired) electrons. The zero-order valence-corrected chi connectivity index (χ0v) is 20.2. The summed E-state index contributed by atoms with van der Waals surface area (Å²) in [6.07, 6.45) is 0.848. The molecule has 0 saturated heterocycles. The second-order valence-corrected chi connectivity index (χ2v) is 10.1. The van der Waals surface area contributed by atoms with Crippen molar-refractivity contribution in [2.45, 2.75) is 24.8 Å². The summed E-state index contributed by atoms with van der Waals surface area (Å²) in [6, 6.07) is 25.5. The van der Waals surface area contributed by atoms with Gasteiger partial charge in [-0.25, -0.2) is 4.52 Å². The molecule has 34 heavy (non-hydrogen) atoms. The number of hydrogen-bond acceptors (Lipinski definition) is 4. The largest absolute Gasteiger partial charge is 0.593 e. The average molecular weight is 471 g/mol. The van der Waals surface area contributed by atoms with Gasteiger partial charge >= 0.3 is 0 Å². The lowest BCUT2D eigenvalue weighted by Gasteiger charge is -2.16. The normalized spacial score (nSPS) is 12.6. The van der Waals surface area contributed by atoms with E-state index in [2.05, 4.69) is 6.92 Å². The molecule has 0 amide bonds. The van der Waals surface area contributed by atoms with E-state index in [1.54, 1.807) is 18.4 Å². The van der Waals surface area contributed by atoms with Gasteiger partial charge in [0.25, 0.3) is 5.56 Å². The van der Waals surface area contributed by atoms with E-state index in [1.165, 1.54) is 0 Å². The van der Waals surface area contributed by atoms with Crippen LogP contribution in [-0.2, 0) is 17.9 Å². The first-order valence-corrected chi connectivity index (χ1v) is 12.4. The first-order valence-electron chi connectivity index (χ1n) is 11.3. The van der Waals surface area contributed by atoms with E-state index in [0.29, 0.717) is 11.9 Å². The van der Waals surface area contributed by atoms with Gasteiger partial charge in [-0.2, -0.15) is 5.10 Å². The Balaban J connectivity index is 1.74. The lowest BCUT2D eigenvalue weighted by atomic mass is 10.0. The minimum Gasteiger partial charge on any atom is -0.593 e. The summed E-state index contributed by atoms with van der Waals surface area (Å²) in [6.45, 7) is 2.69. The number of nitrogens with zero attached hydrogens (tertiary/aromatic N) is 4. The SMILES string of the molecule is CCCn1c(=O)c2ccc(-c3cccc([S+]([O-])N(C)C)c3)cc2n2nc(-c3ccccc3)cc12. The smallest absolute Gasteiger partial charge is 0.261 e. The van der Waals surface area contributed by atoms with Crippen molar-refractivity contribution in [2.75, 3.05) is 14.1 Å². The molecule has 0 fully saturated rings. The zero-order valence-electron chi connectivity index (χ0n) is 19.4. The van der Waals surface area contributed by atoms with Crippen LogP contribution in [0.15, 0.2) is 88.6 Å². The Labute approximate surface area is 201 Å². The standard InChI is InChI=1S/C27H26N4O2S/c1-4-15-30-26-18-24(19-9-6-5-7-10-19)28-31(26)25-17-21(13-14-23(25)27(30)32)20-11-8-12-22(16-20)34(33)29(2)3/h5-14,16-18H,4,15H2,1-3H3. The van der Waals surface area contributed by atoms with Gasteiger partial charge in [0.2, 0.25) is 0 Å². The highest BCUT2D eigenvalue weighted by molar-refractivity contribution is 7.89. The number of benzene rings is 3. The van der Waals surface area contributed by atoms with Crippen molar-refractivity contribution >= 4 is 27.9 Å². The highest BCUT2D eigenvalue weighted by Gasteiger charge is 2.17. The van der Waals surface area contributed by atoms with Gasteiger partial charge in [-0.1, -0.05) is 55.5 Å². The van der Waals surface area contributed by atoms with Crippen LogP contribution >= 0.6 is 0 Å². The molecule has 2 aromatic heterocycles. The third kappa shape index (κ3) is 3.92. The van der Waals surface area contributed by atoms with Crippen molar-refractivity contribution < 1.29 is 4.55 Å². The van der Waals surface area contributed by atoms with Crippen LogP contribution < -0.4 is 5.56 Å². The Morgan fingerprint density at radius 3 is 2.38 bits per heavy atom. The fourth-order valence-corrected chi connectivity index (χ4v) is 5.09. The van der Waals surface area contributed by atoms with Crippen molar-refractivity contribution in [1.29, 1.82) is 0 Å². The van der Waals surface area contributed by atoms with Crippen LogP contribution in [0.5, 0.6) is 0 Å². The number of aryl methyl sites for hydroxylation is 1. The molecule has 0 aliphatic rings. The van der Waals surface area contributed by atoms with E-state index in [0.717, 1.165) is 44.9 Å². The fourth-order valence-electron chi connectivity index (χ4n) is 4.24. The number of rotatable bonds is 6. The van der Waals surface area contributed by atoms with Gasteiger partial charge in [0, 0.05) is 38.3 Å². The quantitative estimate of drug-likeness (QED) is 0.329. The van der Waals surface area contributed by atoms with Gasteiger partial charge in [-0.15, -0.1) is 4.31 Å². The van der Waals surface area contributed by atoms with Crippen LogP contribution in [0, 0.1) is 0 Å². The minimum atomic E-state index is -1.23. The minimum absolute atomic E-state index is 0.0159. The zero-order chi connectivity index (χ0) is 23.8. The Bertz CT molecular complexity index is 1540. The summed E-state index contributed by atoms with van der Waals surface area (Å²) < 4.78 is 17.9. The first-order chi connectivity index (χ1) is 16.5. The maximum Gasteiger partial charge on any atom is 0.261 e. The van der Waals surface area contributed by atoms with E-state index in [1.807, 2.05) is 87.9 Å². The Hall–Kier alpha value is -3.39. The maximum atomic E-state index is 13.4. The Kier molecular flexibility index (Phi) is 6.00. The Morgan fingerprint density at radius 1 is 0.912 bits per heavy atom. The summed E-state index contributed by atoms with van der Waals surface area (Å²) in [5.74, 6) is 0. The summed E-state index contributed by atoms with van der Waals surface area (Å²) in [5, 5.41) is 5.53. The lowest BCUT2D eigenvalue weighted by molar-refractivity contribution is 0.520. The third-order valence-corrected chi connectivity index (χ3v) is 7.21. The van der Waals surface area contributed by atoms with Crippen LogP contribution in [0.1, 0.15) is 13.3 Å². The van der Waals surface area contributed by atoms with Gasteiger partial charge in [-0.3, -0.25) is 9.36 Å². The molecule has 0 aliphatic heterocycles. The van der Waals surface area contributed by atoms with Crippen LogP contribution in [-0.4, -0.2) is 37.1 Å². The number of aromatic nitrogens is 3. The van der Waals surface area contributed by atoms with Crippen molar-refractivity contribution in [3.63, 3.8) is 0 Å². The molecule has 1 unspecified atom stereocenters. The molecule has 3 aromatic carbocycles.